The number of amides is 2. The van der Waals surface area contributed by atoms with Gasteiger partial charge in [-0.3, -0.25) is 15.0 Å². The van der Waals surface area contributed by atoms with Crippen LogP contribution in [0, 0.1) is 0 Å². The fraction of sp³-hybridized carbons (Fsp3) is 0.172. The van der Waals surface area contributed by atoms with Gasteiger partial charge in [0.1, 0.15) is 12.2 Å². The molecule has 37 heavy (non-hydrogen) atoms. The number of hydrogen-bond acceptors (Lipinski definition) is 6. The first-order valence-corrected chi connectivity index (χ1v) is 11.9. The minimum atomic E-state index is -0.472. The molecule has 2 aliphatic heterocycles. The molecule has 0 bridgehead atoms. The number of rotatable bonds is 9. The van der Waals surface area contributed by atoms with Gasteiger partial charge in [0.2, 0.25) is 6.79 Å². The first-order chi connectivity index (χ1) is 18.1. The lowest BCUT2D eigenvalue weighted by atomic mass is 10.0. The Labute approximate surface area is 214 Å². The number of benzene rings is 3. The number of nitrogens with one attached hydrogen (secondary N) is 1. The lowest BCUT2D eigenvalue weighted by Crippen LogP contribution is -2.35. The largest absolute Gasteiger partial charge is 0.490 e. The van der Waals surface area contributed by atoms with Crippen LogP contribution in [0.1, 0.15) is 23.6 Å². The minimum Gasteiger partial charge on any atom is -0.490 e. The molecule has 8 nitrogen and oxygen atoms in total. The number of ether oxygens (including phenoxy) is 4. The number of nitrogens with zero attached hydrogens (tertiary/aromatic N) is 1. The second kappa shape index (κ2) is 10.5. The van der Waals surface area contributed by atoms with E-state index in [0.717, 1.165) is 11.1 Å². The molecule has 8 heteroatoms. The molecule has 2 amide bonds. The van der Waals surface area contributed by atoms with Gasteiger partial charge in [-0.1, -0.05) is 30.3 Å². The summed E-state index contributed by atoms with van der Waals surface area (Å²) in [5.41, 5.74) is 5.61. The summed E-state index contributed by atoms with van der Waals surface area (Å²) < 4.78 is 23.0. The van der Waals surface area contributed by atoms with E-state index in [-0.39, 0.29) is 19.0 Å². The lowest BCUT2D eigenvalue weighted by Gasteiger charge is -2.17. The summed E-state index contributed by atoms with van der Waals surface area (Å²) in [5, 5.41) is 1.24. The van der Waals surface area contributed by atoms with E-state index in [9.17, 15) is 9.59 Å². The van der Waals surface area contributed by atoms with Crippen LogP contribution in [-0.4, -0.2) is 25.2 Å². The first-order valence-electron chi connectivity index (χ1n) is 11.9. The third kappa shape index (κ3) is 4.99. The molecule has 0 spiro atoms. The number of carbonyl (C=O) groups is 2. The monoisotopic (exact) mass is 498 g/mol. The van der Waals surface area contributed by atoms with E-state index >= 15 is 0 Å². The molecular formula is C29H26N2O6. The molecule has 1 N–H and O–H groups in total. The van der Waals surface area contributed by atoms with Crippen molar-refractivity contribution in [3.8, 4) is 23.0 Å². The van der Waals surface area contributed by atoms with E-state index in [0.29, 0.717) is 47.3 Å². The highest BCUT2D eigenvalue weighted by molar-refractivity contribution is 6.31. The smallest absolute Gasteiger partial charge is 0.282 e. The highest BCUT2D eigenvalue weighted by Crippen LogP contribution is 2.37. The second-order valence-electron chi connectivity index (χ2n) is 8.38. The Morgan fingerprint density at radius 1 is 1.03 bits per heavy atom. The second-order valence-corrected chi connectivity index (χ2v) is 8.38. The van der Waals surface area contributed by atoms with Gasteiger partial charge in [0.15, 0.2) is 23.0 Å². The minimum absolute atomic E-state index is 0.0323. The SMILES string of the molecule is C=CCc1cc(C=C2C(=O)NN(c3ccccc3)C2=O)cc(OCC)c1OCc1ccc2c(c1)OCO2. The van der Waals surface area contributed by atoms with E-state index in [2.05, 4.69) is 12.0 Å². The first kappa shape index (κ1) is 24.0. The number of allylic oxidation sites excluding steroid dienone is 1. The summed E-state index contributed by atoms with van der Waals surface area (Å²) in [5.74, 6) is 1.58. The van der Waals surface area contributed by atoms with Crippen LogP contribution >= 0.6 is 0 Å². The molecular weight excluding hydrogens is 472 g/mol. The molecule has 1 saturated heterocycles. The quantitative estimate of drug-likeness (QED) is 0.264. The predicted octanol–water partition coefficient (Wildman–Crippen LogP) is 4.58. The highest BCUT2D eigenvalue weighted by atomic mass is 16.7. The average molecular weight is 499 g/mol. The van der Waals surface area contributed by atoms with Crippen molar-refractivity contribution in [1.29, 1.82) is 0 Å². The summed E-state index contributed by atoms with van der Waals surface area (Å²) in [6, 6.07) is 18.2. The van der Waals surface area contributed by atoms with E-state index in [1.807, 2.05) is 37.3 Å². The summed E-state index contributed by atoms with van der Waals surface area (Å²) in [4.78, 5) is 25.7. The van der Waals surface area contributed by atoms with Gasteiger partial charge in [0.25, 0.3) is 11.8 Å². The van der Waals surface area contributed by atoms with Gasteiger partial charge in [-0.25, -0.2) is 5.01 Å². The maximum atomic E-state index is 13.0. The van der Waals surface area contributed by atoms with Gasteiger partial charge < -0.3 is 18.9 Å². The van der Waals surface area contributed by atoms with Crippen molar-refractivity contribution in [2.45, 2.75) is 20.0 Å². The predicted molar refractivity (Wildman–Crippen MR) is 138 cm³/mol. The summed E-state index contributed by atoms with van der Waals surface area (Å²) in [6.45, 7) is 6.65. The Morgan fingerprint density at radius 2 is 1.84 bits per heavy atom. The maximum absolute atomic E-state index is 13.0. The number of hydrogen-bond donors (Lipinski definition) is 1. The lowest BCUT2D eigenvalue weighted by molar-refractivity contribution is -0.117. The zero-order chi connectivity index (χ0) is 25.8. The molecule has 0 saturated carbocycles. The van der Waals surface area contributed by atoms with Gasteiger partial charge >= 0.3 is 0 Å². The Balaban J connectivity index is 1.44. The Hall–Kier alpha value is -4.72. The summed E-state index contributed by atoms with van der Waals surface area (Å²) in [6.07, 6.45) is 3.83. The fourth-order valence-corrected chi connectivity index (χ4v) is 4.17. The van der Waals surface area contributed by atoms with Crippen LogP contribution in [0.2, 0.25) is 0 Å². The third-order valence-corrected chi connectivity index (χ3v) is 5.86. The van der Waals surface area contributed by atoms with E-state index in [1.165, 1.54) is 5.01 Å². The molecule has 0 aromatic heterocycles. The molecule has 1 fully saturated rings. The van der Waals surface area contributed by atoms with E-state index in [4.69, 9.17) is 18.9 Å². The Morgan fingerprint density at radius 3 is 2.62 bits per heavy atom. The molecule has 3 aromatic rings. The summed E-state index contributed by atoms with van der Waals surface area (Å²) in [7, 11) is 0. The Bertz CT molecular complexity index is 1380. The number of carbonyl (C=O) groups excluding carboxylic acids is 2. The zero-order valence-electron chi connectivity index (χ0n) is 20.4. The van der Waals surface area contributed by atoms with E-state index in [1.54, 1.807) is 42.5 Å². The zero-order valence-corrected chi connectivity index (χ0v) is 20.4. The van der Waals surface area contributed by atoms with Crippen LogP contribution in [0.5, 0.6) is 23.0 Å². The van der Waals surface area contributed by atoms with Crippen molar-refractivity contribution < 1.29 is 28.5 Å². The van der Waals surface area contributed by atoms with Crippen molar-refractivity contribution in [2.75, 3.05) is 18.4 Å². The van der Waals surface area contributed by atoms with Crippen LogP contribution in [0.4, 0.5) is 5.69 Å². The van der Waals surface area contributed by atoms with Crippen molar-refractivity contribution in [2.24, 2.45) is 0 Å². The van der Waals surface area contributed by atoms with Gasteiger partial charge in [-0.2, -0.15) is 0 Å². The number of anilines is 1. The van der Waals surface area contributed by atoms with Gasteiger partial charge in [0, 0.05) is 5.56 Å². The molecule has 188 valence electrons. The number of para-hydroxylation sites is 1. The fourth-order valence-electron chi connectivity index (χ4n) is 4.17. The average Bonchev–Trinajstić information content (AvgIpc) is 3.48. The van der Waals surface area contributed by atoms with Gasteiger partial charge in [-0.15, -0.1) is 6.58 Å². The van der Waals surface area contributed by atoms with Crippen molar-refractivity contribution in [3.05, 3.63) is 95.6 Å². The topological polar surface area (TPSA) is 86.3 Å². The van der Waals surface area contributed by atoms with Crippen LogP contribution in [0.15, 0.2) is 78.9 Å². The molecule has 3 aromatic carbocycles. The molecule has 0 aliphatic carbocycles. The normalized spacial score (nSPS) is 15.2. The number of fused-ring (bicyclic) bond motifs is 1. The third-order valence-electron chi connectivity index (χ3n) is 5.86. The standard InChI is InChI=1S/C29H26N2O6/c1-3-8-21-13-20(14-23-28(32)30-31(29(23)33)22-9-6-5-7-10-22)16-26(34-4-2)27(21)35-17-19-11-12-24-25(15-19)37-18-36-24/h3,5-7,9-16H,1,4,8,17-18H2,2H3,(H,30,32). The van der Waals surface area contributed by atoms with Crippen molar-refractivity contribution in [3.63, 3.8) is 0 Å². The molecule has 2 aliphatic rings. The summed E-state index contributed by atoms with van der Waals surface area (Å²) >= 11 is 0. The molecule has 0 atom stereocenters. The van der Waals surface area contributed by atoms with Gasteiger partial charge in [0.05, 0.1) is 12.3 Å². The molecule has 0 unspecified atom stereocenters. The molecule has 0 radical (unpaired) electrons. The Kier molecular flexibility index (Phi) is 6.81. The van der Waals surface area contributed by atoms with Crippen LogP contribution in [0.25, 0.3) is 6.08 Å². The van der Waals surface area contributed by atoms with Crippen LogP contribution < -0.4 is 29.4 Å². The van der Waals surface area contributed by atoms with Crippen molar-refractivity contribution in [1.82, 2.24) is 5.43 Å². The highest BCUT2D eigenvalue weighted by Gasteiger charge is 2.34. The van der Waals surface area contributed by atoms with Crippen LogP contribution in [-0.2, 0) is 22.6 Å². The van der Waals surface area contributed by atoms with Gasteiger partial charge in [-0.05, 0) is 66.9 Å². The van der Waals surface area contributed by atoms with Crippen LogP contribution in [0.3, 0.4) is 0 Å². The molecule has 5 rings (SSSR count). The molecule has 2 heterocycles. The van der Waals surface area contributed by atoms with Crippen molar-refractivity contribution >= 4 is 23.6 Å². The maximum Gasteiger partial charge on any atom is 0.282 e. The number of hydrazine groups is 1. The van der Waals surface area contributed by atoms with E-state index < -0.39 is 11.8 Å².